The first-order valence-electron chi connectivity index (χ1n) is 8.72. The highest BCUT2D eigenvalue weighted by atomic mass is 16.5. The molecule has 0 radical (unpaired) electrons. The van der Waals surface area contributed by atoms with Crippen LogP contribution in [0.3, 0.4) is 0 Å². The van der Waals surface area contributed by atoms with E-state index in [0.29, 0.717) is 5.92 Å². The maximum absolute atomic E-state index is 10.7. The van der Waals surface area contributed by atoms with Crippen LogP contribution in [-0.2, 0) is 11.2 Å². The Labute approximate surface area is 128 Å². The highest BCUT2D eigenvalue weighted by molar-refractivity contribution is 5.30. The Morgan fingerprint density at radius 3 is 2.57 bits per heavy atom. The van der Waals surface area contributed by atoms with Crippen LogP contribution in [0.15, 0.2) is 24.3 Å². The summed E-state index contributed by atoms with van der Waals surface area (Å²) in [5, 5.41) is 10.7. The summed E-state index contributed by atoms with van der Waals surface area (Å²) in [4.78, 5) is 0. The second kappa shape index (κ2) is 7.42. The Hall–Kier alpha value is -0.860. The molecule has 0 aromatic heterocycles. The fraction of sp³-hybridized carbons (Fsp3) is 0.684. The SMILES string of the molecule is OC(CC1OCCc2ccccc21)C1CCCCCCC1. The van der Waals surface area contributed by atoms with Crippen LogP contribution in [-0.4, -0.2) is 17.8 Å². The first kappa shape index (κ1) is 15.1. The molecule has 0 amide bonds. The first-order valence-corrected chi connectivity index (χ1v) is 8.72. The van der Waals surface area contributed by atoms with Crippen molar-refractivity contribution >= 4 is 0 Å². The molecule has 0 bridgehead atoms. The summed E-state index contributed by atoms with van der Waals surface area (Å²) >= 11 is 0. The minimum absolute atomic E-state index is 0.0930. The average Bonchev–Trinajstić information content (AvgIpc) is 2.47. The first-order chi connectivity index (χ1) is 10.3. The van der Waals surface area contributed by atoms with E-state index >= 15 is 0 Å². The molecule has 3 rings (SSSR count). The molecule has 2 atom stereocenters. The van der Waals surface area contributed by atoms with Crippen molar-refractivity contribution in [1.82, 2.24) is 0 Å². The van der Waals surface area contributed by atoms with E-state index in [-0.39, 0.29) is 12.2 Å². The predicted octanol–water partition coefficient (Wildman–Crippen LogP) is 4.41. The Morgan fingerprint density at radius 1 is 1.05 bits per heavy atom. The molecule has 0 saturated heterocycles. The third-order valence-corrected chi connectivity index (χ3v) is 5.24. The standard InChI is InChI=1S/C19H28O2/c20-18(16-9-4-2-1-3-5-10-16)14-19-17-11-7-6-8-15(17)12-13-21-19/h6-8,11,16,18-20H,1-5,9-10,12-14H2. The smallest absolute Gasteiger partial charge is 0.0852 e. The van der Waals surface area contributed by atoms with Gasteiger partial charge in [0.1, 0.15) is 0 Å². The number of aliphatic hydroxyl groups excluding tert-OH is 1. The van der Waals surface area contributed by atoms with Crippen molar-refractivity contribution in [3.63, 3.8) is 0 Å². The lowest BCUT2D eigenvalue weighted by Gasteiger charge is -2.31. The molecule has 1 fully saturated rings. The van der Waals surface area contributed by atoms with E-state index < -0.39 is 0 Å². The largest absolute Gasteiger partial charge is 0.393 e. The number of fused-ring (bicyclic) bond motifs is 1. The van der Waals surface area contributed by atoms with Crippen molar-refractivity contribution in [3.8, 4) is 0 Å². The molecule has 2 nitrogen and oxygen atoms in total. The van der Waals surface area contributed by atoms with Gasteiger partial charge < -0.3 is 9.84 Å². The normalized spacial score (nSPS) is 25.7. The van der Waals surface area contributed by atoms with E-state index in [2.05, 4.69) is 24.3 Å². The molecule has 116 valence electrons. The van der Waals surface area contributed by atoms with Gasteiger partial charge in [-0.3, -0.25) is 0 Å². The highest BCUT2D eigenvalue weighted by Gasteiger charge is 2.27. The third kappa shape index (κ3) is 3.87. The van der Waals surface area contributed by atoms with Crippen molar-refractivity contribution in [3.05, 3.63) is 35.4 Å². The van der Waals surface area contributed by atoms with Crippen molar-refractivity contribution < 1.29 is 9.84 Å². The van der Waals surface area contributed by atoms with E-state index in [1.807, 2.05) is 0 Å². The van der Waals surface area contributed by atoms with Crippen LogP contribution >= 0.6 is 0 Å². The van der Waals surface area contributed by atoms with Crippen molar-refractivity contribution in [2.24, 2.45) is 5.92 Å². The summed E-state index contributed by atoms with van der Waals surface area (Å²) in [5.41, 5.74) is 2.70. The van der Waals surface area contributed by atoms with Crippen LogP contribution in [0.1, 0.15) is 68.6 Å². The van der Waals surface area contributed by atoms with Gasteiger partial charge in [-0.15, -0.1) is 0 Å². The summed E-state index contributed by atoms with van der Waals surface area (Å²) in [7, 11) is 0. The van der Waals surface area contributed by atoms with Crippen LogP contribution in [0.4, 0.5) is 0 Å². The molecule has 1 N–H and O–H groups in total. The highest BCUT2D eigenvalue weighted by Crippen LogP contribution is 2.34. The van der Waals surface area contributed by atoms with Crippen LogP contribution in [0.5, 0.6) is 0 Å². The van der Waals surface area contributed by atoms with Crippen LogP contribution in [0, 0.1) is 5.92 Å². The molecule has 1 aliphatic carbocycles. The van der Waals surface area contributed by atoms with Crippen molar-refractivity contribution in [2.45, 2.75) is 70.0 Å². The predicted molar refractivity (Wildman–Crippen MR) is 85.3 cm³/mol. The lowest BCUT2D eigenvalue weighted by atomic mass is 9.83. The average molecular weight is 288 g/mol. The number of hydrogen-bond donors (Lipinski definition) is 1. The van der Waals surface area contributed by atoms with Crippen molar-refractivity contribution in [2.75, 3.05) is 6.61 Å². The Kier molecular flexibility index (Phi) is 5.32. The summed E-state index contributed by atoms with van der Waals surface area (Å²) in [6.45, 7) is 0.791. The maximum Gasteiger partial charge on any atom is 0.0852 e. The number of ether oxygens (including phenoxy) is 1. The van der Waals surface area contributed by atoms with Gasteiger partial charge in [-0.05, 0) is 36.3 Å². The quantitative estimate of drug-likeness (QED) is 0.892. The van der Waals surface area contributed by atoms with Gasteiger partial charge in [0.2, 0.25) is 0 Å². The molecule has 1 aromatic carbocycles. The lowest BCUT2D eigenvalue weighted by Crippen LogP contribution is -2.27. The molecular formula is C19H28O2. The third-order valence-electron chi connectivity index (χ3n) is 5.24. The van der Waals surface area contributed by atoms with E-state index in [1.165, 1.54) is 56.1 Å². The number of aliphatic hydroxyl groups is 1. The summed E-state index contributed by atoms with van der Waals surface area (Å²) in [6.07, 6.45) is 10.7. The molecule has 1 heterocycles. The molecule has 21 heavy (non-hydrogen) atoms. The molecular weight excluding hydrogens is 260 g/mol. The van der Waals surface area contributed by atoms with Crippen molar-refractivity contribution in [1.29, 1.82) is 0 Å². The topological polar surface area (TPSA) is 29.5 Å². The second-order valence-corrected chi connectivity index (χ2v) is 6.72. The van der Waals surface area contributed by atoms with Gasteiger partial charge >= 0.3 is 0 Å². The van der Waals surface area contributed by atoms with E-state index in [0.717, 1.165) is 19.4 Å². The van der Waals surface area contributed by atoms with Gasteiger partial charge in [-0.2, -0.15) is 0 Å². The number of hydrogen-bond acceptors (Lipinski definition) is 2. The molecule has 2 heteroatoms. The van der Waals surface area contributed by atoms with E-state index in [9.17, 15) is 5.11 Å². The van der Waals surface area contributed by atoms with Gasteiger partial charge in [0.15, 0.2) is 0 Å². The van der Waals surface area contributed by atoms with Crippen LogP contribution in [0.2, 0.25) is 0 Å². The zero-order chi connectivity index (χ0) is 14.5. The molecule has 2 unspecified atom stereocenters. The van der Waals surface area contributed by atoms with Gasteiger partial charge in [0.25, 0.3) is 0 Å². The molecule has 2 aliphatic rings. The van der Waals surface area contributed by atoms with Gasteiger partial charge in [-0.1, -0.05) is 56.4 Å². The number of benzene rings is 1. The molecule has 1 aromatic rings. The molecule has 1 saturated carbocycles. The minimum Gasteiger partial charge on any atom is -0.393 e. The zero-order valence-corrected chi connectivity index (χ0v) is 13.0. The summed E-state index contributed by atoms with van der Waals surface area (Å²) in [6, 6.07) is 8.56. The Balaban J connectivity index is 1.63. The van der Waals surface area contributed by atoms with Crippen LogP contribution < -0.4 is 0 Å². The summed E-state index contributed by atoms with van der Waals surface area (Å²) in [5.74, 6) is 0.475. The Morgan fingerprint density at radius 2 is 1.76 bits per heavy atom. The lowest BCUT2D eigenvalue weighted by molar-refractivity contribution is -0.0153. The maximum atomic E-state index is 10.7. The second-order valence-electron chi connectivity index (χ2n) is 6.72. The molecule has 1 aliphatic heterocycles. The van der Waals surface area contributed by atoms with E-state index in [4.69, 9.17) is 4.74 Å². The van der Waals surface area contributed by atoms with Gasteiger partial charge in [0, 0.05) is 6.42 Å². The van der Waals surface area contributed by atoms with Gasteiger partial charge in [-0.25, -0.2) is 0 Å². The Bertz CT molecular complexity index is 435. The number of rotatable bonds is 3. The summed E-state index contributed by atoms with van der Waals surface area (Å²) < 4.78 is 5.96. The van der Waals surface area contributed by atoms with Gasteiger partial charge in [0.05, 0.1) is 18.8 Å². The monoisotopic (exact) mass is 288 g/mol. The molecule has 0 spiro atoms. The fourth-order valence-electron chi connectivity index (χ4n) is 3.96. The van der Waals surface area contributed by atoms with E-state index in [1.54, 1.807) is 0 Å². The minimum atomic E-state index is -0.209. The fourth-order valence-corrected chi connectivity index (χ4v) is 3.96. The zero-order valence-electron chi connectivity index (χ0n) is 13.0. The van der Waals surface area contributed by atoms with Crippen LogP contribution in [0.25, 0.3) is 0 Å².